The van der Waals surface area contributed by atoms with Crippen molar-refractivity contribution in [1.82, 2.24) is 0 Å². The van der Waals surface area contributed by atoms with E-state index in [4.69, 9.17) is 5.11 Å². The molecule has 2 aromatic carbocycles. The fraction of sp³-hybridized carbons (Fsp3) is 0.370. The van der Waals surface area contributed by atoms with Crippen molar-refractivity contribution >= 4 is 11.5 Å². The monoisotopic (exact) mass is 406 g/mol. The Morgan fingerprint density at radius 2 is 1.70 bits per heavy atom. The summed E-state index contributed by atoms with van der Waals surface area (Å²) >= 11 is 0. The minimum atomic E-state index is -1.02. The Balaban J connectivity index is 1.84. The Hall–Kier alpha value is -2.68. The lowest BCUT2D eigenvalue weighted by molar-refractivity contribution is -0.131. The molecule has 0 radical (unpaired) electrons. The van der Waals surface area contributed by atoms with Gasteiger partial charge < -0.3 is 5.11 Å². The quantitative estimate of drug-likeness (QED) is 0.421. The molecule has 0 atom stereocenters. The molecule has 3 heteroatoms. The van der Waals surface area contributed by atoms with Gasteiger partial charge in [0.25, 0.3) is 0 Å². The first-order valence-electron chi connectivity index (χ1n) is 10.6. The van der Waals surface area contributed by atoms with Crippen LogP contribution in [0, 0.1) is 5.82 Å². The number of halogens is 1. The molecule has 0 saturated heterocycles. The standard InChI is InChI=1S/C27H31FO2/c1-26(2)15-16-27(3,4)24-17-19(11-13-23(24)26)7-5-8-20(12-14-25(29)30)21-9-6-10-22(28)18-21/h6,8-14,17-18H,5,7,15-16H2,1-4H3,(H,29,30)/b14-12?,20-8-. The summed E-state index contributed by atoms with van der Waals surface area (Å²) in [7, 11) is 0. The minimum Gasteiger partial charge on any atom is -0.478 e. The number of rotatable bonds is 6. The number of hydrogen-bond acceptors (Lipinski definition) is 1. The second-order valence-electron chi connectivity index (χ2n) is 9.53. The van der Waals surface area contributed by atoms with Crippen LogP contribution >= 0.6 is 0 Å². The maximum absolute atomic E-state index is 13.6. The molecule has 0 aliphatic heterocycles. The van der Waals surface area contributed by atoms with Gasteiger partial charge in [-0.25, -0.2) is 9.18 Å². The third kappa shape index (κ3) is 5.08. The van der Waals surface area contributed by atoms with Gasteiger partial charge in [0.05, 0.1) is 0 Å². The van der Waals surface area contributed by atoms with Gasteiger partial charge >= 0.3 is 5.97 Å². The number of carboxylic acids is 1. The summed E-state index contributed by atoms with van der Waals surface area (Å²) in [5.41, 5.74) is 5.94. The van der Waals surface area contributed by atoms with E-state index in [2.05, 4.69) is 45.9 Å². The highest BCUT2D eigenvalue weighted by molar-refractivity contribution is 5.85. The fourth-order valence-corrected chi connectivity index (χ4v) is 4.30. The number of hydrogen-bond donors (Lipinski definition) is 1. The lowest BCUT2D eigenvalue weighted by Crippen LogP contribution is -2.33. The van der Waals surface area contributed by atoms with E-state index < -0.39 is 5.97 Å². The molecular weight excluding hydrogens is 375 g/mol. The van der Waals surface area contributed by atoms with Crippen molar-refractivity contribution in [2.24, 2.45) is 0 Å². The van der Waals surface area contributed by atoms with Crippen LogP contribution in [0.1, 0.15) is 69.2 Å². The number of allylic oxidation sites excluding steroid dienone is 3. The zero-order valence-electron chi connectivity index (χ0n) is 18.3. The Bertz CT molecular complexity index is 996. The highest BCUT2D eigenvalue weighted by atomic mass is 19.1. The molecule has 1 aliphatic rings. The molecule has 0 saturated carbocycles. The second kappa shape index (κ2) is 8.59. The third-order valence-corrected chi connectivity index (χ3v) is 6.28. The molecule has 1 aliphatic carbocycles. The molecule has 0 fully saturated rings. The largest absolute Gasteiger partial charge is 0.478 e. The van der Waals surface area contributed by atoms with Crippen LogP contribution in [0.2, 0.25) is 0 Å². The van der Waals surface area contributed by atoms with E-state index in [0.717, 1.165) is 24.5 Å². The summed E-state index contributed by atoms with van der Waals surface area (Å²) in [6.45, 7) is 9.29. The van der Waals surface area contributed by atoms with E-state index in [1.54, 1.807) is 12.1 Å². The molecule has 0 aromatic heterocycles. The van der Waals surface area contributed by atoms with Gasteiger partial charge in [-0.05, 0) is 82.5 Å². The number of aryl methyl sites for hydroxylation is 1. The first kappa shape index (κ1) is 22.0. The molecule has 2 aromatic rings. The smallest absolute Gasteiger partial charge is 0.328 e. The first-order chi connectivity index (χ1) is 14.1. The summed E-state index contributed by atoms with van der Waals surface area (Å²) in [4.78, 5) is 11.0. The van der Waals surface area contributed by atoms with Crippen molar-refractivity contribution in [1.29, 1.82) is 0 Å². The lowest BCUT2D eigenvalue weighted by Gasteiger charge is -2.42. The van der Waals surface area contributed by atoms with Gasteiger partial charge in [0, 0.05) is 6.08 Å². The van der Waals surface area contributed by atoms with Crippen LogP contribution in [0.4, 0.5) is 4.39 Å². The van der Waals surface area contributed by atoms with E-state index in [1.807, 2.05) is 6.08 Å². The van der Waals surface area contributed by atoms with Crippen LogP contribution < -0.4 is 0 Å². The predicted molar refractivity (Wildman–Crippen MR) is 121 cm³/mol. The molecule has 0 spiro atoms. The molecule has 0 heterocycles. The molecule has 30 heavy (non-hydrogen) atoms. The summed E-state index contributed by atoms with van der Waals surface area (Å²) in [6, 6.07) is 13.1. The van der Waals surface area contributed by atoms with Crippen LogP contribution in [0.5, 0.6) is 0 Å². The van der Waals surface area contributed by atoms with E-state index in [9.17, 15) is 9.18 Å². The van der Waals surface area contributed by atoms with E-state index in [1.165, 1.54) is 47.7 Å². The van der Waals surface area contributed by atoms with Gasteiger partial charge in [-0.2, -0.15) is 0 Å². The van der Waals surface area contributed by atoms with Crippen LogP contribution in [-0.4, -0.2) is 11.1 Å². The second-order valence-corrected chi connectivity index (χ2v) is 9.53. The van der Waals surface area contributed by atoms with Gasteiger partial charge in [0.2, 0.25) is 0 Å². The van der Waals surface area contributed by atoms with Gasteiger partial charge in [0.1, 0.15) is 5.82 Å². The zero-order valence-corrected chi connectivity index (χ0v) is 18.3. The summed E-state index contributed by atoms with van der Waals surface area (Å²) in [5.74, 6) is -1.35. The molecule has 1 N–H and O–H groups in total. The molecule has 3 rings (SSSR count). The van der Waals surface area contributed by atoms with Crippen molar-refractivity contribution in [3.05, 3.63) is 88.8 Å². The highest BCUT2D eigenvalue weighted by Gasteiger charge is 2.36. The van der Waals surface area contributed by atoms with Crippen molar-refractivity contribution in [2.45, 2.75) is 64.2 Å². The Kier molecular flexibility index (Phi) is 6.30. The maximum Gasteiger partial charge on any atom is 0.328 e. The van der Waals surface area contributed by atoms with Crippen molar-refractivity contribution < 1.29 is 14.3 Å². The minimum absolute atomic E-state index is 0.174. The van der Waals surface area contributed by atoms with Crippen LogP contribution in [-0.2, 0) is 22.0 Å². The summed E-state index contributed by atoms with van der Waals surface area (Å²) in [6.07, 6.45) is 8.60. The van der Waals surface area contributed by atoms with E-state index >= 15 is 0 Å². The van der Waals surface area contributed by atoms with Gasteiger partial charge in [-0.1, -0.05) is 64.1 Å². The maximum atomic E-state index is 13.6. The number of aliphatic carboxylic acids is 1. The summed E-state index contributed by atoms with van der Waals surface area (Å²) < 4.78 is 13.6. The summed E-state index contributed by atoms with van der Waals surface area (Å²) in [5, 5.41) is 8.98. The average molecular weight is 407 g/mol. The number of carboxylic acid groups (broad SMARTS) is 1. The fourth-order valence-electron chi connectivity index (χ4n) is 4.30. The molecule has 158 valence electrons. The third-order valence-electron chi connectivity index (χ3n) is 6.28. The molecule has 0 unspecified atom stereocenters. The van der Waals surface area contributed by atoms with Gasteiger partial charge in [-0.3, -0.25) is 0 Å². The van der Waals surface area contributed by atoms with Crippen LogP contribution in [0.25, 0.3) is 5.57 Å². The van der Waals surface area contributed by atoms with Crippen LogP contribution in [0.15, 0.2) is 60.7 Å². The molecule has 2 nitrogen and oxygen atoms in total. The van der Waals surface area contributed by atoms with Crippen molar-refractivity contribution in [3.63, 3.8) is 0 Å². The lowest BCUT2D eigenvalue weighted by atomic mass is 9.63. The predicted octanol–water partition coefficient (Wildman–Crippen LogP) is 6.83. The van der Waals surface area contributed by atoms with E-state index in [-0.39, 0.29) is 16.6 Å². The van der Waals surface area contributed by atoms with Crippen molar-refractivity contribution in [2.75, 3.05) is 0 Å². The Labute approximate surface area is 179 Å². The van der Waals surface area contributed by atoms with E-state index in [0.29, 0.717) is 5.56 Å². The average Bonchev–Trinajstić information content (AvgIpc) is 2.68. The Morgan fingerprint density at radius 3 is 2.37 bits per heavy atom. The zero-order chi connectivity index (χ0) is 21.9. The SMILES string of the molecule is CC1(C)CCC(C)(C)c2cc(CC/C=C(/C=CC(=O)O)c3cccc(F)c3)ccc21. The van der Waals surface area contributed by atoms with Gasteiger partial charge in [0.15, 0.2) is 0 Å². The number of carbonyl (C=O) groups is 1. The normalized spacial score (nSPS) is 17.7. The molecule has 0 amide bonds. The highest BCUT2D eigenvalue weighted by Crippen LogP contribution is 2.45. The van der Waals surface area contributed by atoms with Crippen molar-refractivity contribution in [3.8, 4) is 0 Å². The molecule has 0 bridgehead atoms. The van der Waals surface area contributed by atoms with Crippen LogP contribution in [0.3, 0.4) is 0 Å². The molecular formula is C27H31FO2. The van der Waals surface area contributed by atoms with Gasteiger partial charge in [-0.15, -0.1) is 0 Å². The first-order valence-corrected chi connectivity index (χ1v) is 10.6. The Morgan fingerprint density at radius 1 is 1.00 bits per heavy atom. The number of fused-ring (bicyclic) bond motifs is 1. The number of benzene rings is 2. The topological polar surface area (TPSA) is 37.3 Å².